The maximum Gasteiger partial charge on any atom is 0.330 e. The Hall–Kier alpha value is -11.3. The molecule has 0 heterocycles. The van der Waals surface area contributed by atoms with Gasteiger partial charge in [-0.15, -0.1) is 0 Å². The van der Waals surface area contributed by atoms with Crippen LogP contribution in [-0.2, 0) is 95.4 Å². The molecule has 0 N–H and O–H groups in total. The first-order valence-corrected chi connectivity index (χ1v) is 40.7. The van der Waals surface area contributed by atoms with Crippen LogP contribution in [0.3, 0.4) is 0 Å². The molecular weight excluding hydrogens is 1490 g/mol. The molecule has 24 heteroatoms. The fourth-order valence-corrected chi connectivity index (χ4v) is 16.3. The van der Waals surface area contributed by atoms with Gasteiger partial charge >= 0.3 is 71.6 Å². The molecule has 0 atom stereocenters. The van der Waals surface area contributed by atoms with Gasteiger partial charge in [-0.05, 0) is 258 Å². The lowest BCUT2D eigenvalue weighted by atomic mass is 9.82. The van der Waals surface area contributed by atoms with Crippen molar-refractivity contribution in [1.82, 2.24) is 0 Å². The van der Waals surface area contributed by atoms with Gasteiger partial charge in [-0.2, -0.15) is 0 Å². The van der Waals surface area contributed by atoms with Crippen LogP contribution >= 0.6 is 0 Å². The first kappa shape index (κ1) is 85.6. The minimum Gasteiger partial charge on any atom is -0.465 e. The Morgan fingerprint density at radius 1 is 0.241 bits per heavy atom. The second-order valence-electron chi connectivity index (χ2n) is 30.4. The minimum absolute atomic E-state index is 0.178. The van der Waals surface area contributed by atoms with Crippen molar-refractivity contribution in [3.05, 3.63) is 181 Å². The lowest BCUT2D eigenvalue weighted by molar-refractivity contribution is -0.152. The quantitative estimate of drug-likeness (QED) is 0.0114. The van der Waals surface area contributed by atoms with Gasteiger partial charge < -0.3 is 56.8 Å². The van der Waals surface area contributed by atoms with Crippen molar-refractivity contribution in [2.24, 2.45) is 47.3 Å². The maximum atomic E-state index is 14.1. The smallest absolute Gasteiger partial charge is 0.330 e. The monoisotopic (exact) mass is 1590 g/mol. The number of rotatable bonds is 38. The van der Waals surface area contributed by atoms with E-state index in [0.29, 0.717) is 177 Å². The Kier molecular flexibility index (Phi) is 31.2. The van der Waals surface area contributed by atoms with Crippen LogP contribution in [-0.4, -0.2) is 124 Å². The second-order valence-corrected chi connectivity index (χ2v) is 30.4. The van der Waals surface area contributed by atoms with Gasteiger partial charge in [0.2, 0.25) is 0 Å². The molecule has 0 radical (unpaired) electrons. The Morgan fingerprint density at radius 2 is 0.414 bits per heavy atom. The zero-order valence-electron chi connectivity index (χ0n) is 65.6. The minimum atomic E-state index is -0.517. The number of ether oxygens (including phenoxy) is 12. The summed E-state index contributed by atoms with van der Waals surface area (Å²) in [7, 11) is 0. The van der Waals surface area contributed by atoms with Crippen LogP contribution in [0.25, 0.3) is 22.3 Å². The standard InChI is InChI=1S/C92H102O24/c1-5-79(93)105-45-9-13-49-109-85(97)59-21-29-63(30-22-59)89(101)113-67-37-41-71-72-42-38-68(114-90(102)64-31-23-60(24-32-64)86(98)110-50-14-10-46-106-80(94)6-2)54-76(72)83(75(71)53-67)57-17-19-58(20-18-57)84-77-55-69(115-91(103)65-33-25-61(26-34-65)87(99)111-51-15-11-47-107-81(95)7-3)39-43-73(77)74-44-40-70(56-78(74)84)116-92(104)66-35-27-62(28-36-66)88(100)112-52-16-12-48-108-82(96)8-4/h5-8,17-20,37-44,53-56,59-66,83-84H,1-4,9-16,21-36,45-52H2. The SMILES string of the molecule is C=CC(=O)OCCCCOC(=O)C1CCC(C(=O)Oc2ccc3c(c2)C(c2ccc(C4c5cc(OC(=O)C6CCC(C(=O)OCCCCOC(=O)C=C)CC6)ccc5-c5ccc(OC(=O)C6CCC(C(=O)OCCCCOC(=O)C=C)CC6)cc54)cc2)c2cc(OC(=O)C4CCC(C(=O)OCCCCOC(=O)C=C)CC4)ccc2-3)CC1. The summed E-state index contributed by atoms with van der Waals surface area (Å²) in [6.45, 7) is 15.0. The van der Waals surface area contributed by atoms with E-state index in [1.165, 1.54) is 0 Å². The Labute approximate surface area is 675 Å². The van der Waals surface area contributed by atoms with E-state index in [1.807, 2.05) is 72.8 Å². The summed E-state index contributed by atoms with van der Waals surface area (Å²) >= 11 is 0. The Balaban J connectivity index is 0.818. The van der Waals surface area contributed by atoms with Gasteiger partial charge in [-0.3, -0.25) is 38.4 Å². The predicted octanol–water partition coefficient (Wildman–Crippen LogP) is 15.1. The van der Waals surface area contributed by atoms with E-state index in [9.17, 15) is 57.5 Å². The molecule has 5 aromatic carbocycles. The Morgan fingerprint density at radius 3 is 0.595 bits per heavy atom. The van der Waals surface area contributed by atoms with Crippen molar-refractivity contribution in [2.45, 2.75) is 166 Å². The number of carbonyl (C=O) groups is 12. The molecular formula is C92H102O24. The van der Waals surface area contributed by atoms with Gasteiger partial charge in [0.05, 0.1) is 100 Å². The predicted molar refractivity (Wildman–Crippen MR) is 422 cm³/mol. The van der Waals surface area contributed by atoms with E-state index in [1.54, 1.807) is 24.3 Å². The van der Waals surface area contributed by atoms with Crippen molar-refractivity contribution >= 4 is 71.6 Å². The lowest BCUT2D eigenvalue weighted by Gasteiger charge is -2.26. The fraction of sp³-hybridized carbons (Fsp3) is 0.457. The summed E-state index contributed by atoms with van der Waals surface area (Å²) < 4.78 is 67.2. The third-order valence-corrected chi connectivity index (χ3v) is 22.7. The van der Waals surface area contributed by atoms with E-state index in [-0.39, 0.29) is 100 Å². The normalized spacial score (nSPS) is 20.8. The highest BCUT2D eigenvalue weighted by molar-refractivity contribution is 5.88. The summed E-state index contributed by atoms with van der Waals surface area (Å²) in [5.74, 6) is -8.21. The van der Waals surface area contributed by atoms with Crippen molar-refractivity contribution in [3.63, 3.8) is 0 Å². The molecule has 24 nitrogen and oxygen atoms in total. The molecule has 6 aliphatic rings. The highest BCUT2D eigenvalue weighted by atomic mass is 16.6. The maximum absolute atomic E-state index is 14.1. The molecule has 0 aliphatic heterocycles. The molecule has 0 bridgehead atoms. The number of hydrogen-bond acceptors (Lipinski definition) is 24. The van der Waals surface area contributed by atoms with E-state index >= 15 is 0 Å². The van der Waals surface area contributed by atoms with Crippen molar-refractivity contribution < 1.29 is 114 Å². The third-order valence-electron chi connectivity index (χ3n) is 22.7. The van der Waals surface area contributed by atoms with Gasteiger partial charge in [-0.25, -0.2) is 19.2 Å². The number of fused-ring (bicyclic) bond motifs is 6. The molecule has 0 unspecified atom stereocenters. The number of hydrogen-bond donors (Lipinski definition) is 0. The van der Waals surface area contributed by atoms with Crippen molar-refractivity contribution in [1.29, 1.82) is 0 Å². The number of benzene rings is 5. The van der Waals surface area contributed by atoms with Crippen LogP contribution in [0.4, 0.5) is 0 Å². The average molecular weight is 1590 g/mol. The van der Waals surface area contributed by atoms with Crippen LogP contribution in [0.2, 0.25) is 0 Å². The first-order chi connectivity index (χ1) is 56.3. The van der Waals surface area contributed by atoms with Crippen molar-refractivity contribution in [2.75, 3.05) is 52.9 Å². The summed E-state index contributed by atoms with van der Waals surface area (Å²) in [5, 5.41) is 0. The summed E-state index contributed by atoms with van der Waals surface area (Å²) in [6, 6.07) is 30.3. The topological polar surface area (TPSA) is 316 Å². The molecule has 0 aromatic heterocycles. The molecule has 0 spiro atoms. The zero-order valence-corrected chi connectivity index (χ0v) is 65.6. The zero-order chi connectivity index (χ0) is 82.0. The van der Waals surface area contributed by atoms with Crippen LogP contribution < -0.4 is 18.9 Å². The van der Waals surface area contributed by atoms with Crippen LogP contribution in [0.1, 0.15) is 199 Å². The third kappa shape index (κ3) is 23.0. The Bertz CT molecular complexity index is 3890. The van der Waals surface area contributed by atoms with Gasteiger partial charge in [-0.1, -0.05) is 74.8 Å². The summed E-state index contributed by atoms with van der Waals surface area (Å²) in [6.07, 6.45) is 15.4. The van der Waals surface area contributed by atoms with Gasteiger partial charge in [0, 0.05) is 36.1 Å². The molecule has 5 aromatic rings. The molecule has 116 heavy (non-hydrogen) atoms. The van der Waals surface area contributed by atoms with Crippen LogP contribution in [0.15, 0.2) is 148 Å². The van der Waals surface area contributed by atoms with E-state index < -0.39 is 83.3 Å². The molecule has 11 rings (SSSR count). The van der Waals surface area contributed by atoms with E-state index in [2.05, 4.69) is 26.3 Å². The van der Waals surface area contributed by atoms with E-state index in [4.69, 9.17) is 56.8 Å². The second kappa shape index (κ2) is 42.4. The van der Waals surface area contributed by atoms with Gasteiger partial charge in [0.25, 0.3) is 0 Å². The van der Waals surface area contributed by atoms with Crippen LogP contribution in [0.5, 0.6) is 23.0 Å². The lowest BCUT2D eigenvalue weighted by Crippen LogP contribution is -2.29. The molecule has 4 saturated carbocycles. The highest BCUT2D eigenvalue weighted by Gasteiger charge is 2.40. The number of esters is 12. The molecule has 6 aliphatic carbocycles. The van der Waals surface area contributed by atoms with Crippen molar-refractivity contribution in [3.8, 4) is 45.3 Å². The molecule has 4 fully saturated rings. The van der Waals surface area contributed by atoms with Gasteiger partial charge in [0.15, 0.2) is 0 Å². The molecule has 614 valence electrons. The highest BCUT2D eigenvalue weighted by Crippen LogP contribution is 2.54. The largest absolute Gasteiger partial charge is 0.465 e. The first-order valence-electron chi connectivity index (χ1n) is 40.7. The summed E-state index contributed by atoms with van der Waals surface area (Å²) in [5.41, 5.74) is 8.40. The number of unbranched alkanes of at least 4 members (excludes halogenated alkanes) is 4. The fourth-order valence-electron chi connectivity index (χ4n) is 16.3. The van der Waals surface area contributed by atoms with Gasteiger partial charge in [0.1, 0.15) is 23.0 Å². The number of carbonyl (C=O) groups excluding carboxylic acids is 12. The van der Waals surface area contributed by atoms with Crippen LogP contribution in [0, 0.1) is 47.3 Å². The average Bonchev–Trinajstić information content (AvgIpc) is 1.59. The molecule has 0 amide bonds. The van der Waals surface area contributed by atoms with E-state index in [0.717, 1.165) is 79.9 Å². The summed E-state index contributed by atoms with van der Waals surface area (Å²) in [4.78, 5) is 155. The molecule has 0 saturated heterocycles.